The van der Waals surface area contributed by atoms with Gasteiger partial charge in [0.25, 0.3) is 0 Å². The quantitative estimate of drug-likeness (QED) is 0.344. The number of imidazole rings is 1. The Morgan fingerprint density at radius 1 is 1.59 bits per heavy atom. The van der Waals surface area contributed by atoms with Gasteiger partial charge in [0.15, 0.2) is 0 Å². The first-order valence-electron chi connectivity index (χ1n) is 5.99. The van der Waals surface area contributed by atoms with Crippen molar-refractivity contribution in [3.8, 4) is 0 Å². The van der Waals surface area contributed by atoms with Crippen LogP contribution in [0.15, 0.2) is 17.5 Å². The molecular formula is C12H22N4O. The summed E-state index contributed by atoms with van der Waals surface area (Å²) in [7, 11) is 0. The summed E-state index contributed by atoms with van der Waals surface area (Å²) >= 11 is 0. The molecule has 0 saturated carbocycles. The number of aryl methyl sites for hydroxylation is 2. The Morgan fingerprint density at radius 2 is 2.29 bits per heavy atom. The van der Waals surface area contributed by atoms with Crippen molar-refractivity contribution in [2.75, 3.05) is 0 Å². The molecule has 0 saturated heterocycles. The van der Waals surface area contributed by atoms with Crippen molar-refractivity contribution in [3.05, 3.63) is 18.2 Å². The van der Waals surface area contributed by atoms with Gasteiger partial charge in [-0.05, 0) is 12.8 Å². The maximum absolute atomic E-state index is 8.71. The fourth-order valence-electron chi connectivity index (χ4n) is 1.66. The van der Waals surface area contributed by atoms with E-state index in [1.165, 1.54) is 0 Å². The SMILES string of the molecule is CCCc1nccn1CCC(C)(C)C(N)=NO. The lowest BCUT2D eigenvalue weighted by Gasteiger charge is -2.23. The Morgan fingerprint density at radius 3 is 2.88 bits per heavy atom. The fourth-order valence-corrected chi connectivity index (χ4v) is 1.66. The predicted octanol–water partition coefficient (Wildman–Crippen LogP) is 2.00. The second-order valence-corrected chi connectivity index (χ2v) is 4.91. The van der Waals surface area contributed by atoms with E-state index in [1.54, 1.807) is 0 Å². The molecule has 0 atom stereocenters. The first-order chi connectivity index (χ1) is 8.01. The number of rotatable bonds is 6. The van der Waals surface area contributed by atoms with Gasteiger partial charge < -0.3 is 15.5 Å². The number of hydrogen-bond donors (Lipinski definition) is 2. The second-order valence-electron chi connectivity index (χ2n) is 4.91. The van der Waals surface area contributed by atoms with E-state index in [4.69, 9.17) is 10.9 Å². The van der Waals surface area contributed by atoms with Crippen LogP contribution >= 0.6 is 0 Å². The predicted molar refractivity (Wildman–Crippen MR) is 68.0 cm³/mol. The molecule has 3 N–H and O–H groups in total. The van der Waals surface area contributed by atoms with Gasteiger partial charge in [0, 0.05) is 30.8 Å². The molecule has 5 heteroatoms. The molecular weight excluding hydrogens is 216 g/mol. The molecule has 5 nitrogen and oxygen atoms in total. The highest BCUT2D eigenvalue weighted by atomic mass is 16.4. The minimum absolute atomic E-state index is 0.273. The fraction of sp³-hybridized carbons (Fsp3) is 0.667. The highest BCUT2D eigenvalue weighted by Gasteiger charge is 2.23. The summed E-state index contributed by atoms with van der Waals surface area (Å²) < 4.78 is 2.13. The lowest BCUT2D eigenvalue weighted by atomic mass is 9.88. The third kappa shape index (κ3) is 3.47. The number of nitrogens with two attached hydrogens (primary N) is 1. The van der Waals surface area contributed by atoms with Crippen molar-refractivity contribution in [1.82, 2.24) is 9.55 Å². The van der Waals surface area contributed by atoms with Crippen LogP contribution in [-0.4, -0.2) is 20.6 Å². The van der Waals surface area contributed by atoms with Crippen LogP contribution in [0.4, 0.5) is 0 Å². The van der Waals surface area contributed by atoms with Gasteiger partial charge in [-0.2, -0.15) is 0 Å². The molecule has 1 rings (SSSR count). The molecule has 0 bridgehead atoms. The molecule has 0 fully saturated rings. The van der Waals surface area contributed by atoms with E-state index in [0.717, 1.165) is 31.6 Å². The largest absolute Gasteiger partial charge is 0.409 e. The number of aromatic nitrogens is 2. The van der Waals surface area contributed by atoms with Crippen LogP contribution in [-0.2, 0) is 13.0 Å². The van der Waals surface area contributed by atoms with E-state index in [1.807, 2.05) is 26.2 Å². The molecule has 0 radical (unpaired) electrons. The van der Waals surface area contributed by atoms with E-state index in [-0.39, 0.29) is 11.3 Å². The van der Waals surface area contributed by atoms with Crippen LogP contribution in [0, 0.1) is 5.41 Å². The van der Waals surface area contributed by atoms with E-state index >= 15 is 0 Å². The second kappa shape index (κ2) is 5.70. The molecule has 1 aromatic heterocycles. The Balaban J connectivity index is 2.64. The summed E-state index contributed by atoms with van der Waals surface area (Å²) in [5.74, 6) is 1.37. The highest BCUT2D eigenvalue weighted by Crippen LogP contribution is 2.21. The summed E-state index contributed by atoms with van der Waals surface area (Å²) in [5.41, 5.74) is 5.36. The Kier molecular flexibility index (Phi) is 4.54. The lowest BCUT2D eigenvalue weighted by molar-refractivity contribution is 0.303. The van der Waals surface area contributed by atoms with E-state index in [9.17, 15) is 0 Å². The van der Waals surface area contributed by atoms with Crippen molar-refractivity contribution in [2.24, 2.45) is 16.3 Å². The summed E-state index contributed by atoms with van der Waals surface area (Å²) in [6, 6.07) is 0. The van der Waals surface area contributed by atoms with Crippen LogP contribution in [0.2, 0.25) is 0 Å². The van der Waals surface area contributed by atoms with E-state index < -0.39 is 0 Å². The van der Waals surface area contributed by atoms with Crippen molar-refractivity contribution >= 4 is 5.84 Å². The average Bonchev–Trinajstić information content (AvgIpc) is 2.73. The van der Waals surface area contributed by atoms with Gasteiger partial charge in [0.05, 0.1) is 0 Å². The molecule has 0 aliphatic carbocycles. The summed E-state index contributed by atoms with van der Waals surface area (Å²) in [6.45, 7) is 6.91. The zero-order valence-corrected chi connectivity index (χ0v) is 10.8. The minimum Gasteiger partial charge on any atom is -0.409 e. The minimum atomic E-state index is -0.303. The van der Waals surface area contributed by atoms with Crippen LogP contribution in [0.3, 0.4) is 0 Å². The maximum Gasteiger partial charge on any atom is 0.144 e. The average molecular weight is 238 g/mol. The maximum atomic E-state index is 8.71. The zero-order valence-electron chi connectivity index (χ0n) is 10.8. The molecule has 0 aromatic carbocycles. The van der Waals surface area contributed by atoms with Gasteiger partial charge in [-0.3, -0.25) is 0 Å². The number of oxime groups is 1. The molecule has 0 aliphatic heterocycles. The monoisotopic (exact) mass is 238 g/mol. The normalized spacial score (nSPS) is 13.0. The number of hydrogen-bond acceptors (Lipinski definition) is 3. The molecule has 1 heterocycles. The third-order valence-corrected chi connectivity index (χ3v) is 3.05. The molecule has 17 heavy (non-hydrogen) atoms. The van der Waals surface area contributed by atoms with Gasteiger partial charge in [-0.25, -0.2) is 4.98 Å². The first kappa shape index (κ1) is 13.5. The van der Waals surface area contributed by atoms with Gasteiger partial charge in [0.2, 0.25) is 0 Å². The molecule has 0 unspecified atom stereocenters. The van der Waals surface area contributed by atoms with Crippen molar-refractivity contribution in [3.63, 3.8) is 0 Å². The van der Waals surface area contributed by atoms with E-state index in [0.29, 0.717) is 0 Å². The third-order valence-electron chi connectivity index (χ3n) is 3.05. The van der Waals surface area contributed by atoms with Crippen molar-refractivity contribution < 1.29 is 5.21 Å². The zero-order chi connectivity index (χ0) is 12.9. The van der Waals surface area contributed by atoms with Crippen LogP contribution in [0.5, 0.6) is 0 Å². The van der Waals surface area contributed by atoms with Gasteiger partial charge >= 0.3 is 0 Å². The lowest BCUT2D eigenvalue weighted by Crippen LogP contribution is -2.33. The number of amidine groups is 1. The van der Waals surface area contributed by atoms with Crippen LogP contribution < -0.4 is 5.73 Å². The molecule has 0 spiro atoms. The molecule has 1 aromatic rings. The first-order valence-corrected chi connectivity index (χ1v) is 5.99. The molecule has 0 aliphatic rings. The number of nitrogens with zero attached hydrogens (tertiary/aromatic N) is 3. The topological polar surface area (TPSA) is 76.4 Å². The Labute approximate surface area is 102 Å². The summed E-state index contributed by atoms with van der Waals surface area (Å²) in [4.78, 5) is 4.32. The Hall–Kier alpha value is -1.52. The highest BCUT2D eigenvalue weighted by molar-refractivity contribution is 5.85. The van der Waals surface area contributed by atoms with Gasteiger partial charge in [-0.15, -0.1) is 0 Å². The smallest absolute Gasteiger partial charge is 0.144 e. The van der Waals surface area contributed by atoms with Gasteiger partial charge in [-0.1, -0.05) is 25.9 Å². The summed E-state index contributed by atoms with van der Waals surface area (Å²) in [6.07, 6.45) is 6.68. The van der Waals surface area contributed by atoms with E-state index in [2.05, 4.69) is 21.6 Å². The van der Waals surface area contributed by atoms with Crippen LogP contribution in [0.1, 0.15) is 39.4 Å². The summed E-state index contributed by atoms with van der Waals surface area (Å²) in [5, 5.41) is 11.8. The van der Waals surface area contributed by atoms with Crippen molar-refractivity contribution in [2.45, 2.75) is 46.6 Å². The Bertz CT molecular complexity index is 382. The molecule has 0 amide bonds. The van der Waals surface area contributed by atoms with Crippen molar-refractivity contribution in [1.29, 1.82) is 0 Å². The molecule has 96 valence electrons. The van der Waals surface area contributed by atoms with Gasteiger partial charge in [0.1, 0.15) is 11.7 Å². The van der Waals surface area contributed by atoms with Crippen LogP contribution in [0.25, 0.3) is 0 Å². The standard InChI is InChI=1S/C12H22N4O/c1-4-5-10-14-7-9-16(10)8-6-12(2,3)11(13)15-17/h7,9,17H,4-6,8H2,1-3H3,(H2,13,15).